The summed E-state index contributed by atoms with van der Waals surface area (Å²) >= 11 is 0. The quantitative estimate of drug-likeness (QED) is 0.136. The Hall–Kier alpha value is -8.68. The summed E-state index contributed by atoms with van der Waals surface area (Å²) in [5.74, 6) is 0.642. The summed E-state index contributed by atoms with van der Waals surface area (Å²) in [6.07, 6.45) is 3.74. The third-order valence-corrected chi connectivity index (χ3v) is 15.1. The van der Waals surface area contributed by atoms with Crippen LogP contribution in [0.5, 0.6) is 0 Å². The van der Waals surface area contributed by atoms with Crippen LogP contribution in [0.2, 0.25) is 0 Å². The number of anilines is 6. The van der Waals surface area contributed by atoms with Crippen LogP contribution in [0.15, 0.2) is 213 Å². The minimum Gasteiger partial charge on any atom is -0.308 e. The number of nitrogens with zero attached hydrogens (tertiary/aromatic N) is 7. The van der Waals surface area contributed by atoms with E-state index in [2.05, 4.69) is 273 Å². The lowest BCUT2D eigenvalue weighted by atomic mass is 9.86. The first kappa shape index (κ1) is 52.4. The van der Waals surface area contributed by atoms with Crippen LogP contribution in [-0.4, -0.2) is 24.5 Å². The second-order valence-electron chi connectivity index (χ2n) is 25.0. The molecule has 79 heavy (non-hydrogen) atoms. The molecule has 0 spiro atoms. The van der Waals surface area contributed by atoms with Gasteiger partial charge in [0, 0.05) is 51.8 Å². The highest BCUT2D eigenvalue weighted by atomic mass is 15.2. The second kappa shape index (κ2) is 20.3. The topological polar surface area (TPSA) is 63.0 Å². The van der Waals surface area contributed by atoms with Crippen LogP contribution >= 0.6 is 0 Å². The van der Waals surface area contributed by atoms with E-state index in [1.165, 1.54) is 22.3 Å². The first-order chi connectivity index (χ1) is 37.7. The number of hydrogen-bond donors (Lipinski definition) is 0. The number of benzene rings is 7. The van der Waals surface area contributed by atoms with Crippen molar-refractivity contribution in [1.29, 1.82) is 0 Å². The van der Waals surface area contributed by atoms with Gasteiger partial charge in [0.25, 0.3) is 0 Å². The fraction of sp³-hybridized carbons (Fsp3) is 0.222. The van der Waals surface area contributed by atoms with E-state index >= 15 is 0 Å². The van der Waals surface area contributed by atoms with Gasteiger partial charge in [-0.25, -0.2) is 9.97 Å². The van der Waals surface area contributed by atoms with Gasteiger partial charge in [-0.05, 0) is 135 Å². The molecule has 394 valence electrons. The summed E-state index contributed by atoms with van der Waals surface area (Å²) in [6, 6.07) is 72.5. The van der Waals surface area contributed by atoms with Crippen molar-refractivity contribution in [2.45, 2.75) is 105 Å². The van der Waals surface area contributed by atoms with Crippen LogP contribution in [0, 0.1) is 0 Å². The Morgan fingerprint density at radius 2 is 0.658 bits per heavy atom. The van der Waals surface area contributed by atoms with Gasteiger partial charge in [-0.1, -0.05) is 192 Å². The van der Waals surface area contributed by atoms with Gasteiger partial charge in [0.1, 0.15) is 11.0 Å². The third-order valence-electron chi connectivity index (χ3n) is 15.1. The van der Waals surface area contributed by atoms with Crippen LogP contribution < -0.4 is 9.80 Å². The zero-order valence-electron chi connectivity index (χ0n) is 47.8. The molecule has 0 saturated heterocycles. The minimum absolute atomic E-state index is 0.0650. The Balaban J connectivity index is 1.35. The number of hydrogen-bond acceptors (Lipinski definition) is 6. The predicted molar refractivity (Wildman–Crippen MR) is 332 cm³/mol. The van der Waals surface area contributed by atoms with Gasteiger partial charge in [-0.15, -0.1) is 0 Å². The number of fused-ring (bicyclic) bond motifs is 3. The SMILES string of the molecule is CC(C)(C)c1ccc(N(c2ccc(C(C)(C)C)cc2)c2cc(-c3cc(-c4ccccc4)nc(-c4ccccc4)n3)cc(N(c3ccc(C(C)(C)C)cc3)c3ccc(C(C)(C)C)cc3)c2-n2c3cccnc3c3ncccc32)cc1. The highest BCUT2D eigenvalue weighted by Gasteiger charge is 2.31. The molecule has 0 aliphatic carbocycles. The van der Waals surface area contributed by atoms with E-state index in [0.717, 1.165) is 90.0 Å². The number of aromatic nitrogens is 5. The molecule has 0 radical (unpaired) electrons. The summed E-state index contributed by atoms with van der Waals surface area (Å²) in [7, 11) is 0. The van der Waals surface area contributed by atoms with Crippen molar-refractivity contribution in [3.63, 3.8) is 0 Å². The van der Waals surface area contributed by atoms with Crippen molar-refractivity contribution in [3.05, 3.63) is 235 Å². The van der Waals surface area contributed by atoms with Gasteiger partial charge in [0.15, 0.2) is 5.82 Å². The first-order valence-electron chi connectivity index (χ1n) is 27.6. The Bertz CT molecular complexity index is 3580. The maximum absolute atomic E-state index is 5.56. The monoisotopic (exact) mass is 1030 g/mol. The average Bonchev–Trinajstić information content (AvgIpc) is 3.99. The average molecular weight is 1030 g/mol. The van der Waals surface area contributed by atoms with E-state index < -0.39 is 0 Å². The summed E-state index contributed by atoms with van der Waals surface area (Å²) in [5, 5.41) is 0. The van der Waals surface area contributed by atoms with Crippen LogP contribution in [-0.2, 0) is 21.7 Å². The van der Waals surface area contributed by atoms with E-state index in [1.807, 2.05) is 36.7 Å². The zero-order valence-corrected chi connectivity index (χ0v) is 47.8. The van der Waals surface area contributed by atoms with Gasteiger partial charge in [-0.2, -0.15) is 0 Å². The molecular weight excluding hydrogens is 963 g/mol. The van der Waals surface area contributed by atoms with E-state index in [0.29, 0.717) is 5.82 Å². The molecular formula is C72H71N7. The Morgan fingerprint density at radius 3 is 1.00 bits per heavy atom. The first-order valence-corrected chi connectivity index (χ1v) is 27.6. The van der Waals surface area contributed by atoms with Gasteiger partial charge >= 0.3 is 0 Å². The fourth-order valence-corrected chi connectivity index (χ4v) is 10.6. The van der Waals surface area contributed by atoms with Crippen LogP contribution in [0.4, 0.5) is 34.1 Å². The van der Waals surface area contributed by atoms with E-state index in [-0.39, 0.29) is 21.7 Å². The van der Waals surface area contributed by atoms with Gasteiger partial charge in [0.05, 0.1) is 39.5 Å². The van der Waals surface area contributed by atoms with Crippen molar-refractivity contribution >= 4 is 56.2 Å². The molecule has 7 aromatic carbocycles. The maximum atomic E-state index is 5.56. The molecule has 7 nitrogen and oxygen atoms in total. The van der Waals surface area contributed by atoms with Crippen molar-refractivity contribution in [2.75, 3.05) is 9.80 Å². The summed E-state index contributed by atoms with van der Waals surface area (Å²) in [4.78, 5) is 25.9. The molecule has 0 fully saturated rings. The van der Waals surface area contributed by atoms with Crippen LogP contribution in [0.1, 0.15) is 105 Å². The van der Waals surface area contributed by atoms with Gasteiger partial charge in [0.2, 0.25) is 0 Å². The highest BCUT2D eigenvalue weighted by molar-refractivity contribution is 6.07. The summed E-state index contributed by atoms with van der Waals surface area (Å²) in [6.45, 7) is 27.3. The normalized spacial score (nSPS) is 12.3. The third kappa shape index (κ3) is 10.5. The van der Waals surface area contributed by atoms with Crippen molar-refractivity contribution in [3.8, 4) is 39.6 Å². The molecule has 0 aliphatic heterocycles. The molecule has 11 aromatic rings. The van der Waals surface area contributed by atoms with Gasteiger partial charge in [-0.3, -0.25) is 9.97 Å². The minimum atomic E-state index is -0.0650. The lowest BCUT2D eigenvalue weighted by molar-refractivity contribution is 0.590. The molecule has 11 rings (SSSR count). The van der Waals surface area contributed by atoms with E-state index in [9.17, 15) is 0 Å². The molecule has 7 heteroatoms. The maximum Gasteiger partial charge on any atom is 0.160 e. The molecule has 4 heterocycles. The summed E-state index contributed by atoms with van der Waals surface area (Å²) < 4.78 is 2.39. The van der Waals surface area contributed by atoms with Crippen molar-refractivity contribution in [2.24, 2.45) is 0 Å². The van der Waals surface area contributed by atoms with E-state index in [4.69, 9.17) is 19.9 Å². The fourth-order valence-electron chi connectivity index (χ4n) is 10.6. The molecule has 0 amide bonds. The van der Waals surface area contributed by atoms with Crippen LogP contribution in [0.3, 0.4) is 0 Å². The van der Waals surface area contributed by atoms with Crippen molar-refractivity contribution in [1.82, 2.24) is 24.5 Å². The lowest BCUT2D eigenvalue weighted by Crippen LogP contribution is -2.19. The standard InChI is InChI=1S/C72H71N7/c1-69(2,3)51-27-35-55(36-28-51)77(56-37-29-52(30-38-56)70(4,5)6)63-45-50(60-47-59(48-21-15-13-16-22-48)75-68(76-60)49-23-17-14-18-24-49)46-64(67(63)79-61-25-19-43-73-65(61)66-62(79)26-20-44-74-66)78(57-39-31-53(32-40-57)71(7,8)9)58-41-33-54(34-42-58)72(10,11)12/h13-47H,1-12H3. The molecule has 0 atom stereocenters. The molecule has 0 aliphatic rings. The van der Waals surface area contributed by atoms with Gasteiger partial charge < -0.3 is 14.4 Å². The Morgan fingerprint density at radius 1 is 0.329 bits per heavy atom. The predicted octanol–water partition coefficient (Wildman–Crippen LogP) is 19.5. The Labute approximate surface area is 467 Å². The molecule has 4 aromatic heterocycles. The van der Waals surface area contributed by atoms with Crippen molar-refractivity contribution < 1.29 is 0 Å². The highest BCUT2D eigenvalue weighted by Crippen LogP contribution is 2.51. The molecule has 0 saturated carbocycles. The smallest absolute Gasteiger partial charge is 0.160 e. The number of rotatable bonds is 10. The lowest BCUT2D eigenvalue weighted by Gasteiger charge is -2.35. The molecule has 0 bridgehead atoms. The molecule has 0 N–H and O–H groups in total. The zero-order chi connectivity index (χ0) is 55.4. The Kier molecular flexibility index (Phi) is 13.4. The second-order valence-corrected chi connectivity index (χ2v) is 25.0. The van der Waals surface area contributed by atoms with Crippen LogP contribution in [0.25, 0.3) is 61.7 Å². The van der Waals surface area contributed by atoms with E-state index in [1.54, 1.807) is 0 Å². The largest absolute Gasteiger partial charge is 0.308 e. The molecule has 0 unspecified atom stereocenters. The number of pyridine rings is 2. The summed E-state index contributed by atoms with van der Waals surface area (Å²) in [5.41, 5.74) is 19.5.